The van der Waals surface area contributed by atoms with Crippen LogP contribution in [0.4, 0.5) is 32.2 Å². The fraction of sp³-hybridized carbons (Fsp3) is 0.342. The summed E-state index contributed by atoms with van der Waals surface area (Å²) in [5.41, 5.74) is 4.54. The highest BCUT2D eigenvalue weighted by Gasteiger charge is 2.33. The van der Waals surface area contributed by atoms with Crippen LogP contribution >= 0.6 is 43.5 Å². The number of piperidine rings is 1. The molecular formula is C38H33Br2ClF6N8. The average Bonchev–Trinajstić information content (AvgIpc) is 3.50. The Kier molecular flexibility index (Phi) is 11.1. The van der Waals surface area contributed by atoms with Crippen LogP contribution in [0.1, 0.15) is 58.1 Å². The van der Waals surface area contributed by atoms with E-state index in [4.69, 9.17) is 23.2 Å². The van der Waals surface area contributed by atoms with Crippen LogP contribution < -0.4 is 4.90 Å². The zero-order valence-electron chi connectivity index (χ0n) is 30.3. The normalized spacial score (nSPS) is 15.0. The van der Waals surface area contributed by atoms with E-state index < -0.39 is 23.5 Å². The van der Waals surface area contributed by atoms with Crippen LogP contribution in [0, 0.1) is 48.1 Å². The van der Waals surface area contributed by atoms with Gasteiger partial charge in [-0.25, -0.2) is 26.5 Å². The van der Waals surface area contributed by atoms with E-state index in [1.165, 1.54) is 12.1 Å². The fourth-order valence-corrected chi connectivity index (χ4v) is 8.32. The van der Waals surface area contributed by atoms with Crippen LogP contribution in [0.5, 0.6) is 0 Å². The first kappa shape index (κ1) is 40.5. The van der Waals surface area contributed by atoms with Gasteiger partial charge in [0.25, 0.3) is 0 Å². The summed E-state index contributed by atoms with van der Waals surface area (Å²) in [4.78, 5) is 23.8. The second-order valence-electron chi connectivity index (χ2n) is 13.3. The lowest BCUT2D eigenvalue weighted by Crippen LogP contribution is -2.37. The Labute approximate surface area is 334 Å². The molecule has 0 saturated carbocycles. The minimum Gasteiger partial charge on any atom is -0.348 e. The third kappa shape index (κ3) is 7.67. The second-order valence-corrected chi connectivity index (χ2v) is 15.4. The van der Waals surface area contributed by atoms with Gasteiger partial charge in [0.1, 0.15) is 28.3 Å². The first-order valence-electron chi connectivity index (χ1n) is 17.0. The van der Waals surface area contributed by atoms with Crippen molar-refractivity contribution in [2.75, 3.05) is 18.0 Å². The third-order valence-electron chi connectivity index (χ3n) is 9.78. The molecule has 2 aromatic carbocycles. The molecule has 4 aromatic heterocycles. The Bertz CT molecular complexity index is 2520. The quantitative estimate of drug-likeness (QED) is 0.101. The minimum atomic E-state index is -4.41. The van der Waals surface area contributed by atoms with E-state index in [2.05, 4.69) is 56.6 Å². The molecule has 0 aliphatic carbocycles. The van der Waals surface area contributed by atoms with Gasteiger partial charge in [-0.05, 0) is 127 Å². The van der Waals surface area contributed by atoms with E-state index in [9.17, 15) is 26.3 Å². The third-order valence-corrected chi connectivity index (χ3v) is 11.3. The zero-order chi connectivity index (χ0) is 40.3. The van der Waals surface area contributed by atoms with Crippen molar-refractivity contribution in [1.29, 1.82) is 0 Å². The number of rotatable bonds is 3. The summed E-state index contributed by atoms with van der Waals surface area (Å²) in [5.74, 6) is 1.86. The fourth-order valence-electron chi connectivity index (χ4n) is 6.86. The summed E-state index contributed by atoms with van der Waals surface area (Å²) >= 11 is 12.8. The summed E-state index contributed by atoms with van der Waals surface area (Å²) in [6, 6.07) is 7.11. The van der Waals surface area contributed by atoms with E-state index >= 15 is 0 Å². The lowest BCUT2D eigenvalue weighted by molar-refractivity contribution is -0.138. The van der Waals surface area contributed by atoms with Gasteiger partial charge in [0, 0.05) is 33.3 Å². The van der Waals surface area contributed by atoms with E-state index in [1.807, 2.05) is 39.2 Å². The molecule has 55 heavy (non-hydrogen) atoms. The molecule has 7 rings (SSSR count). The first-order valence-corrected chi connectivity index (χ1v) is 18.9. The maximum atomic E-state index is 13.1. The molecule has 1 saturated heterocycles. The number of aromatic nitrogens is 6. The van der Waals surface area contributed by atoms with Crippen molar-refractivity contribution < 1.29 is 26.3 Å². The number of hydrogen-bond donors (Lipinski definition) is 0. The lowest BCUT2D eigenvalue weighted by atomic mass is 10.1. The van der Waals surface area contributed by atoms with Crippen molar-refractivity contribution in [2.45, 2.75) is 72.8 Å². The smallest absolute Gasteiger partial charge is 0.348 e. The number of aryl methyl sites for hydroxylation is 4. The van der Waals surface area contributed by atoms with Crippen molar-refractivity contribution in [3.05, 3.63) is 107 Å². The molecule has 8 nitrogen and oxygen atoms in total. The van der Waals surface area contributed by atoms with Gasteiger partial charge in [-0.2, -0.15) is 26.3 Å². The largest absolute Gasteiger partial charge is 0.416 e. The molecule has 1 unspecified atom stereocenters. The molecule has 1 atom stereocenters. The molecule has 1 aliphatic rings. The van der Waals surface area contributed by atoms with Crippen LogP contribution in [0.3, 0.4) is 0 Å². The predicted octanol–water partition coefficient (Wildman–Crippen LogP) is 11.8. The summed E-state index contributed by atoms with van der Waals surface area (Å²) in [6.45, 7) is 20.0. The standard InChI is InChI=1S/C22H21BrF3N5.C16H12BrClF3N3/c1-12-13(2)31(18-8-7-15(10-17(18)23)22(24,25)26)21-19(12)20(28-14(3)29-21)30-9-5-6-16(11-30)27-4;1-7-8(2)24(15-13(7)14(18)22-9(3)23-15)12-5-4-10(6-11(12)17)16(19,20)21/h7-8,10,16H,5-6,9,11H2,1-3H3;4-6H,1-3H3. The van der Waals surface area contributed by atoms with Gasteiger partial charge in [-0.15, -0.1) is 0 Å². The van der Waals surface area contributed by atoms with Crippen molar-refractivity contribution >= 4 is 71.3 Å². The SMILES string of the molecule is Cc1nc(Cl)c2c(C)c(C)n(-c3ccc(C(F)(F)F)cc3Br)c2n1.[C-]#[N+]C1CCCN(c2nc(C)nc3c2c(C)c(C)n3-c2ccc(C(F)(F)F)cc2Br)C1. The molecule has 0 spiro atoms. The monoisotopic (exact) mass is 908 g/mol. The topological polar surface area (TPSA) is 69.0 Å². The Balaban J connectivity index is 0.000000193. The molecule has 5 heterocycles. The van der Waals surface area contributed by atoms with Crippen molar-refractivity contribution in [1.82, 2.24) is 29.1 Å². The van der Waals surface area contributed by atoms with E-state index in [0.717, 1.165) is 77.4 Å². The first-order chi connectivity index (χ1) is 25.7. The number of alkyl halides is 6. The van der Waals surface area contributed by atoms with Gasteiger partial charge in [-0.3, -0.25) is 9.13 Å². The Morgan fingerprint density at radius 2 is 1.20 bits per heavy atom. The van der Waals surface area contributed by atoms with Crippen LogP contribution in [0.15, 0.2) is 45.3 Å². The van der Waals surface area contributed by atoms with Gasteiger partial charge >= 0.3 is 12.4 Å². The maximum absolute atomic E-state index is 13.1. The van der Waals surface area contributed by atoms with E-state index in [0.29, 0.717) is 60.3 Å². The van der Waals surface area contributed by atoms with Crippen molar-refractivity contribution in [2.24, 2.45) is 0 Å². The highest BCUT2D eigenvalue weighted by molar-refractivity contribution is 9.11. The van der Waals surface area contributed by atoms with Crippen LogP contribution in [-0.4, -0.2) is 48.2 Å². The molecule has 6 aromatic rings. The van der Waals surface area contributed by atoms with E-state index in [-0.39, 0.29) is 6.04 Å². The number of halogens is 9. The van der Waals surface area contributed by atoms with Crippen LogP contribution in [0.25, 0.3) is 38.3 Å². The average molecular weight is 911 g/mol. The van der Waals surface area contributed by atoms with Crippen LogP contribution in [-0.2, 0) is 12.4 Å². The molecular weight excluding hydrogens is 878 g/mol. The molecule has 0 N–H and O–H groups in total. The maximum Gasteiger partial charge on any atom is 0.416 e. The molecule has 0 amide bonds. The Hall–Kier alpha value is -4.20. The highest BCUT2D eigenvalue weighted by Crippen LogP contribution is 2.40. The number of hydrogen-bond acceptors (Lipinski definition) is 5. The molecule has 1 aliphatic heterocycles. The van der Waals surface area contributed by atoms with Gasteiger partial charge in [0.2, 0.25) is 6.04 Å². The van der Waals surface area contributed by atoms with Gasteiger partial charge in [0.15, 0.2) is 5.65 Å². The van der Waals surface area contributed by atoms with Gasteiger partial charge in [-0.1, -0.05) is 11.6 Å². The summed E-state index contributed by atoms with van der Waals surface area (Å²) in [7, 11) is 0. The number of anilines is 1. The molecule has 17 heteroatoms. The van der Waals surface area contributed by atoms with Gasteiger partial charge < -0.3 is 9.74 Å². The molecule has 0 radical (unpaired) electrons. The minimum absolute atomic E-state index is 0.0633. The highest BCUT2D eigenvalue weighted by atomic mass is 79.9. The summed E-state index contributed by atoms with van der Waals surface area (Å²) in [6.07, 6.45) is -7.01. The molecule has 0 bridgehead atoms. The summed E-state index contributed by atoms with van der Waals surface area (Å²) < 4.78 is 82.4. The predicted molar refractivity (Wildman–Crippen MR) is 208 cm³/mol. The summed E-state index contributed by atoms with van der Waals surface area (Å²) in [5, 5.41) is 1.91. The second kappa shape index (κ2) is 15.0. The Morgan fingerprint density at radius 1 is 0.727 bits per heavy atom. The zero-order valence-corrected chi connectivity index (χ0v) is 34.3. The van der Waals surface area contributed by atoms with E-state index in [1.54, 1.807) is 11.5 Å². The van der Waals surface area contributed by atoms with Crippen LogP contribution in [0.2, 0.25) is 5.15 Å². The number of fused-ring (bicyclic) bond motifs is 2. The van der Waals surface area contributed by atoms with Crippen molar-refractivity contribution in [3.8, 4) is 11.4 Å². The molecule has 1 fully saturated rings. The van der Waals surface area contributed by atoms with Crippen molar-refractivity contribution in [3.63, 3.8) is 0 Å². The lowest BCUT2D eigenvalue weighted by Gasteiger charge is -2.29. The van der Waals surface area contributed by atoms with Gasteiger partial charge in [0.05, 0.1) is 39.8 Å². The Morgan fingerprint density at radius 3 is 1.67 bits per heavy atom. The molecule has 288 valence electrons. The number of nitrogens with zero attached hydrogens (tertiary/aromatic N) is 8. The number of benzene rings is 2.